The van der Waals surface area contributed by atoms with Crippen LogP contribution in [0.15, 0.2) is 47.7 Å². The van der Waals surface area contributed by atoms with Crippen LogP contribution in [0.4, 0.5) is 5.82 Å². The van der Waals surface area contributed by atoms with Crippen LogP contribution in [0.25, 0.3) is 11.0 Å². The maximum absolute atomic E-state index is 12.4. The topological polar surface area (TPSA) is 95.9 Å². The third kappa shape index (κ3) is 3.84. The molecule has 1 unspecified atom stereocenters. The maximum Gasteiger partial charge on any atom is 0.326 e. The first-order chi connectivity index (χ1) is 13.2. The maximum atomic E-state index is 12.4. The summed E-state index contributed by atoms with van der Waals surface area (Å²) < 4.78 is 1.61. The number of hydrogen-bond acceptors (Lipinski definition) is 5. The van der Waals surface area contributed by atoms with Crippen LogP contribution in [-0.4, -0.2) is 44.6 Å². The van der Waals surface area contributed by atoms with Gasteiger partial charge in [-0.15, -0.1) is 0 Å². The van der Waals surface area contributed by atoms with Crippen molar-refractivity contribution in [2.24, 2.45) is 0 Å². The van der Waals surface area contributed by atoms with Gasteiger partial charge in [0.15, 0.2) is 0 Å². The quantitative estimate of drug-likeness (QED) is 0.709. The Morgan fingerprint density at radius 3 is 3.04 bits per heavy atom. The first-order valence-electron chi connectivity index (χ1n) is 9.18. The lowest BCUT2D eigenvalue weighted by molar-refractivity contribution is -0.122. The summed E-state index contributed by atoms with van der Waals surface area (Å²) in [7, 11) is 0. The molecule has 27 heavy (non-hydrogen) atoms. The predicted octanol–water partition coefficient (Wildman–Crippen LogP) is 1.29. The number of para-hydroxylation sites is 2. The molecule has 0 aliphatic carbocycles. The van der Waals surface area contributed by atoms with Gasteiger partial charge in [0.1, 0.15) is 5.82 Å². The average molecular weight is 366 g/mol. The fourth-order valence-corrected chi connectivity index (χ4v) is 3.60. The highest BCUT2D eigenvalue weighted by Crippen LogP contribution is 2.16. The molecular weight excluding hydrogens is 344 g/mol. The molecule has 1 fully saturated rings. The van der Waals surface area contributed by atoms with Crippen molar-refractivity contribution in [1.82, 2.24) is 24.8 Å². The molecule has 140 valence electrons. The summed E-state index contributed by atoms with van der Waals surface area (Å²) in [5.74, 6) is 0.792. The molecule has 3 aromatic rings. The number of fused-ring (bicyclic) bond motifs is 1. The minimum Gasteiger partial charge on any atom is -0.353 e. The zero-order chi connectivity index (χ0) is 18.6. The lowest BCUT2D eigenvalue weighted by Gasteiger charge is -2.33. The Morgan fingerprint density at radius 2 is 2.19 bits per heavy atom. The van der Waals surface area contributed by atoms with Crippen LogP contribution in [-0.2, 0) is 11.3 Å². The number of nitrogens with one attached hydrogen (secondary N) is 2. The Bertz CT molecular complexity index is 981. The number of rotatable bonds is 5. The number of amides is 1. The summed E-state index contributed by atoms with van der Waals surface area (Å²) in [6, 6.07) is 7.57. The molecule has 0 radical (unpaired) electrons. The molecule has 3 heterocycles. The van der Waals surface area contributed by atoms with Gasteiger partial charge in [0, 0.05) is 44.5 Å². The summed E-state index contributed by atoms with van der Waals surface area (Å²) in [6.45, 7) is 1.99. The number of nitrogens with zero attached hydrogens (tertiary/aromatic N) is 4. The summed E-state index contributed by atoms with van der Waals surface area (Å²) in [5.41, 5.74) is 1.42. The van der Waals surface area contributed by atoms with E-state index in [1.807, 2.05) is 24.3 Å². The van der Waals surface area contributed by atoms with Crippen molar-refractivity contribution in [3.63, 3.8) is 0 Å². The van der Waals surface area contributed by atoms with E-state index < -0.39 is 0 Å². The van der Waals surface area contributed by atoms with Crippen LogP contribution in [0.2, 0.25) is 0 Å². The van der Waals surface area contributed by atoms with Crippen molar-refractivity contribution in [3.8, 4) is 0 Å². The third-order valence-corrected chi connectivity index (χ3v) is 4.90. The van der Waals surface area contributed by atoms with Crippen molar-refractivity contribution in [2.45, 2.75) is 31.8 Å². The normalized spacial score (nSPS) is 17.2. The second kappa shape index (κ2) is 7.61. The SMILES string of the molecule is O=C(CCn1c(=O)[nH]c2ccccc21)NC1CCCN(c2cnccn2)C1. The van der Waals surface area contributed by atoms with E-state index in [4.69, 9.17) is 0 Å². The first-order valence-corrected chi connectivity index (χ1v) is 9.18. The first kappa shape index (κ1) is 17.3. The van der Waals surface area contributed by atoms with Crippen LogP contribution in [0.3, 0.4) is 0 Å². The summed E-state index contributed by atoms with van der Waals surface area (Å²) >= 11 is 0. The Morgan fingerprint density at radius 1 is 1.30 bits per heavy atom. The second-order valence-corrected chi connectivity index (χ2v) is 6.77. The molecule has 2 N–H and O–H groups in total. The number of aromatic nitrogens is 4. The molecule has 1 aliphatic rings. The molecule has 1 amide bonds. The smallest absolute Gasteiger partial charge is 0.326 e. The van der Waals surface area contributed by atoms with Crippen LogP contribution >= 0.6 is 0 Å². The van der Waals surface area contributed by atoms with Gasteiger partial charge in [-0.3, -0.25) is 14.3 Å². The van der Waals surface area contributed by atoms with Gasteiger partial charge in [-0.2, -0.15) is 0 Å². The second-order valence-electron chi connectivity index (χ2n) is 6.77. The fourth-order valence-electron chi connectivity index (χ4n) is 3.60. The number of carbonyl (C=O) groups is 1. The van der Waals surface area contributed by atoms with Gasteiger partial charge in [-0.1, -0.05) is 12.1 Å². The number of imidazole rings is 1. The Labute approximate surface area is 156 Å². The lowest BCUT2D eigenvalue weighted by atomic mass is 10.1. The van der Waals surface area contributed by atoms with Crippen molar-refractivity contribution >= 4 is 22.8 Å². The molecule has 1 atom stereocenters. The number of H-pyrrole nitrogens is 1. The number of benzene rings is 1. The summed E-state index contributed by atoms with van der Waals surface area (Å²) in [6.07, 6.45) is 7.27. The van der Waals surface area contributed by atoms with Gasteiger partial charge in [0.2, 0.25) is 5.91 Å². The highest BCUT2D eigenvalue weighted by Gasteiger charge is 2.22. The van der Waals surface area contributed by atoms with Gasteiger partial charge < -0.3 is 15.2 Å². The number of hydrogen-bond donors (Lipinski definition) is 2. The number of aryl methyl sites for hydroxylation is 1. The van der Waals surface area contributed by atoms with E-state index in [-0.39, 0.29) is 24.1 Å². The van der Waals surface area contributed by atoms with Gasteiger partial charge >= 0.3 is 5.69 Å². The molecule has 1 aromatic carbocycles. The van der Waals surface area contributed by atoms with E-state index in [2.05, 4.69) is 25.2 Å². The molecule has 0 spiro atoms. The van der Waals surface area contributed by atoms with Crippen LogP contribution < -0.4 is 15.9 Å². The molecule has 0 bridgehead atoms. The summed E-state index contributed by atoms with van der Waals surface area (Å²) in [4.78, 5) is 37.9. The lowest BCUT2D eigenvalue weighted by Crippen LogP contribution is -2.48. The monoisotopic (exact) mass is 366 g/mol. The van der Waals surface area contributed by atoms with Crippen molar-refractivity contribution in [3.05, 3.63) is 53.3 Å². The highest BCUT2D eigenvalue weighted by molar-refractivity contribution is 5.77. The zero-order valence-electron chi connectivity index (χ0n) is 15.0. The molecule has 2 aromatic heterocycles. The zero-order valence-corrected chi connectivity index (χ0v) is 15.0. The molecule has 0 saturated carbocycles. The predicted molar refractivity (Wildman–Crippen MR) is 103 cm³/mol. The number of aromatic amines is 1. The molecule has 1 aliphatic heterocycles. The van der Waals surface area contributed by atoms with Gasteiger partial charge in [-0.05, 0) is 25.0 Å². The van der Waals surface area contributed by atoms with E-state index in [0.717, 1.165) is 42.8 Å². The third-order valence-electron chi connectivity index (χ3n) is 4.90. The van der Waals surface area contributed by atoms with Crippen molar-refractivity contribution < 1.29 is 4.79 Å². The Balaban J connectivity index is 1.35. The Hall–Kier alpha value is -3.16. The molecule has 1 saturated heterocycles. The average Bonchev–Trinajstić information content (AvgIpc) is 3.02. The molecule has 8 nitrogen and oxygen atoms in total. The van der Waals surface area contributed by atoms with Crippen molar-refractivity contribution in [2.75, 3.05) is 18.0 Å². The fraction of sp³-hybridized carbons (Fsp3) is 0.368. The number of piperidine rings is 1. The highest BCUT2D eigenvalue weighted by atomic mass is 16.2. The van der Waals surface area contributed by atoms with Gasteiger partial charge in [0.25, 0.3) is 0 Å². The van der Waals surface area contributed by atoms with E-state index in [1.54, 1.807) is 23.2 Å². The standard InChI is InChI=1S/C19H22N6O2/c26-18(7-11-25-16-6-2-1-5-15(16)23-19(25)27)22-14-4-3-10-24(13-14)17-12-20-8-9-21-17/h1-2,5-6,8-9,12,14H,3-4,7,10-11,13H2,(H,22,26)(H,23,27). The van der Waals surface area contributed by atoms with Crippen molar-refractivity contribution in [1.29, 1.82) is 0 Å². The Kier molecular flexibility index (Phi) is 4.86. The van der Waals surface area contributed by atoms with E-state index >= 15 is 0 Å². The van der Waals surface area contributed by atoms with Crippen LogP contribution in [0.5, 0.6) is 0 Å². The minimum atomic E-state index is -0.185. The van der Waals surface area contributed by atoms with E-state index in [0.29, 0.717) is 6.54 Å². The number of carbonyl (C=O) groups excluding carboxylic acids is 1. The molecule has 8 heteroatoms. The molecular formula is C19H22N6O2. The summed E-state index contributed by atoms with van der Waals surface area (Å²) in [5, 5.41) is 3.09. The van der Waals surface area contributed by atoms with Crippen LogP contribution in [0.1, 0.15) is 19.3 Å². The largest absolute Gasteiger partial charge is 0.353 e. The minimum absolute atomic E-state index is 0.0434. The van der Waals surface area contributed by atoms with E-state index in [1.165, 1.54) is 0 Å². The van der Waals surface area contributed by atoms with Gasteiger partial charge in [-0.25, -0.2) is 9.78 Å². The van der Waals surface area contributed by atoms with Gasteiger partial charge in [0.05, 0.1) is 17.2 Å². The van der Waals surface area contributed by atoms with Crippen LogP contribution in [0, 0.1) is 0 Å². The number of anilines is 1. The van der Waals surface area contributed by atoms with E-state index in [9.17, 15) is 9.59 Å². The molecule has 4 rings (SSSR count).